The second kappa shape index (κ2) is 5.67. The summed E-state index contributed by atoms with van der Waals surface area (Å²) in [6.45, 7) is 0. The number of hydrogen-bond donors (Lipinski definition) is 1. The average Bonchev–Trinajstić information content (AvgIpc) is 2.38. The Balaban J connectivity index is 2.22. The summed E-state index contributed by atoms with van der Waals surface area (Å²) in [4.78, 5) is 11.5. The van der Waals surface area contributed by atoms with Crippen LogP contribution in [-0.2, 0) is 4.79 Å². The van der Waals surface area contributed by atoms with Gasteiger partial charge in [-0.2, -0.15) is 0 Å². The molecule has 1 aliphatic rings. The van der Waals surface area contributed by atoms with E-state index in [0.717, 1.165) is 5.56 Å². The molecule has 0 unspecified atom stereocenters. The van der Waals surface area contributed by atoms with E-state index >= 15 is 0 Å². The zero-order chi connectivity index (χ0) is 12.1. The minimum atomic E-state index is -0.318. The van der Waals surface area contributed by atoms with Crippen LogP contribution in [0.2, 0.25) is 0 Å². The fourth-order valence-electron chi connectivity index (χ4n) is 2.47. The van der Waals surface area contributed by atoms with Crippen LogP contribution in [0.1, 0.15) is 37.7 Å². The lowest BCUT2D eigenvalue weighted by Gasteiger charge is -2.19. The van der Waals surface area contributed by atoms with Gasteiger partial charge in [0.25, 0.3) is 0 Å². The van der Waals surface area contributed by atoms with Crippen molar-refractivity contribution in [1.82, 2.24) is 0 Å². The van der Waals surface area contributed by atoms with Crippen molar-refractivity contribution < 1.29 is 4.79 Å². The lowest BCUT2D eigenvalue weighted by Crippen LogP contribution is -2.15. The monoisotopic (exact) mass is 229 g/mol. The first-order valence-electron chi connectivity index (χ1n) is 6.34. The molecule has 1 fully saturated rings. The van der Waals surface area contributed by atoms with Gasteiger partial charge in [0.2, 0.25) is 5.91 Å². The Morgan fingerprint density at radius 3 is 2.35 bits per heavy atom. The third-order valence-electron chi connectivity index (χ3n) is 3.40. The zero-order valence-electron chi connectivity index (χ0n) is 10.1. The number of nitrogens with two attached hydrogens (primary N) is 1. The predicted octanol–water partition coefficient (Wildman–Crippen LogP) is 3.14. The Morgan fingerprint density at radius 1 is 1.12 bits per heavy atom. The fourth-order valence-corrected chi connectivity index (χ4v) is 2.47. The smallest absolute Gasteiger partial charge is 0.248 e. The number of carbonyl (C=O) groups is 1. The predicted molar refractivity (Wildman–Crippen MR) is 70.2 cm³/mol. The molecule has 0 heterocycles. The second-order valence-corrected chi connectivity index (χ2v) is 4.71. The Labute approximate surface area is 103 Å². The molecule has 0 radical (unpaired) electrons. The van der Waals surface area contributed by atoms with Crippen molar-refractivity contribution in [2.75, 3.05) is 0 Å². The molecule has 2 heteroatoms. The molecule has 17 heavy (non-hydrogen) atoms. The summed E-state index contributed by atoms with van der Waals surface area (Å²) in [5.74, 6) is 0.202. The molecule has 1 aromatic carbocycles. The van der Waals surface area contributed by atoms with E-state index in [1.54, 1.807) is 0 Å². The molecule has 0 saturated heterocycles. The summed E-state index contributed by atoms with van der Waals surface area (Å²) < 4.78 is 0. The van der Waals surface area contributed by atoms with Crippen molar-refractivity contribution in [3.63, 3.8) is 0 Å². The molecule has 90 valence electrons. The van der Waals surface area contributed by atoms with Crippen LogP contribution in [-0.4, -0.2) is 5.91 Å². The number of carbonyl (C=O) groups excluding carboxylic acids is 1. The van der Waals surface area contributed by atoms with Crippen LogP contribution in [0, 0.1) is 5.92 Å². The van der Waals surface area contributed by atoms with Gasteiger partial charge in [0.15, 0.2) is 0 Å². The molecule has 0 aliphatic heterocycles. The van der Waals surface area contributed by atoms with E-state index in [9.17, 15) is 4.79 Å². The van der Waals surface area contributed by atoms with Gasteiger partial charge in [-0.15, -0.1) is 0 Å². The molecule has 2 N–H and O–H groups in total. The van der Waals surface area contributed by atoms with Crippen molar-refractivity contribution in [2.24, 2.45) is 11.7 Å². The van der Waals surface area contributed by atoms with Crippen molar-refractivity contribution in [1.29, 1.82) is 0 Å². The summed E-state index contributed by atoms with van der Waals surface area (Å²) in [6.07, 6.45) is 8.30. The Kier molecular flexibility index (Phi) is 3.97. The van der Waals surface area contributed by atoms with Crippen LogP contribution in [0.15, 0.2) is 36.4 Å². The maximum absolute atomic E-state index is 11.5. The number of primary amides is 1. The number of hydrogen-bond acceptors (Lipinski definition) is 1. The fraction of sp³-hybridized carbons (Fsp3) is 0.400. The molecule has 0 aromatic heterocycles. The van der Waals surface area contributed by atoms with E-state index in [0.29, 0.717) is 11.5 Å². The van der Waals surface area contributed by atoms with Gasteiger partial charge in [0, 0.05) is 5.57 Å². The summed E-state index contributed by atoms with van der Waals surface area (Å²) in [5.41, 5.74) is 7.09. The first-order valence-corrected chi connectivity index (χ1v) is 6.34. The molecule has 0 atom stereocenters. The SMILES string of the molecule is NC(=O)C(=CC1CCCCC1)c1ccccc1. The van der Waals surface area contributed by atoms with Crippen LogP contribution < -0.4 is 5.73 Å². The lowest BCUT2D eigenvalue weighted by atomic mass is 9.87. The van der Waals surface area contributed by atoms with E-state index in [-0.39, 0.29) is 5.91 Å². The highest BCUT2D eigenvalue weighted by molar-refractivity contribution is 6.18. The van der Waals surface area contributed by atoms with Crippen LogP contribution in [0.4, 0.5) is 0 Å². The lowest BCUT2D eigenvalue weighted by molar-refractivity contribution is -0.112. The topological polar surface area (TPSA) is 43.1 Å². The third kappa shape index (κ3) is 3.19. The Hall–Kier alpha value is -1.57. The minimum absolute atomic E-state index is 0.318. The maximum Gasteiger partial charge on any atom is 0.248 e. The van der Waals surface area contributed by atoms with E-state index in [1.165, 1.54) is 32.1 Å². The highest BCUT2D eigenvalue weighted by Crippen LogP contribution is 2.27. The molecule has 0 bridgehead atoms. The molecular formula is C15H19NO. The van der Waals surface area contributed by atoms with Gasteiger partial charge >= 0.3 is 0 Å². The standard InChI is InChI=1S/C15H19NO/c16-15(17)14(13-9-5-2-6-10-13)11-12-7-3-1-4-8-12/h2,5-6,9-12H,1,3-4,7-8H2,(H2,16,17). The van der Waals surface area contributed by atoms with Crippen molar-refractivity contribution in [2.45, 2.75) is 32.1 Å². The van der Waals surface area contributed by atoms with Gasteiger partial charge in [-0.25, -0.2) is 0 Å². The molecule has 1 saturated carbocycles. The van der Waals surface area contributed by atoms with E-state index in [4.69, 9.17) is 5.73 Å². The van der Waals surface area contributed by atoms with Gasteiger partial charge < -0.3 is 5.73 Å². The number of benzene rings is 1. The molecular weight excluding hydrogens is 210 g/mol. The highest BCUT2D eigenvalue weighted by atomic mass is 16.1. The van der Waals surface area contributed by atoms with Gasteiger partial charge in [0.1, 0.15) is 0 Å². The molecule has 2 rings (SSSR count). The van der Waals surface area contributed by atoms with Crippen LogP contribution >= 0.6 is 0 Å². The zero-order valence-corrected chi connectivity index (χ0v) is 10.1. The minimum Gasteiger partial charge on any atom is -0.366 e. The molecule has 1 amide bonds. The Bertz CT molecular complexity index is 402. The first kappa shape index (κ1) is 11.9. The molecule has 1 aromatic rings. The number of allylic oxidation sites excluding steroid dienone is 1. The largest absolute Gasteiger partial charge is 0.366 e. The molecule has 0 spiro atoms. The van der Waals surface area contributed by atoms with E-state index in [1.807, 2.05) is 30.3 Å². The van der Waals surface area contributed by atoms with Gasteiger partial charge in [-0.1, -0.05) is 55.7 Å². The van der Waals surface area contributed by atoms with E-state index in [2.05, 4.69) is 6.08 Å². The average molecular weight is 229 g/mol. The third-order valence-corrected chi connectivity index (χ3v) is 3.40. The summed E-state index contributed by atoms with van der Waals surface area (Å²) in [6, 6.07) is 9.71. The van der Waals surface area contributed by atoms with Crippen molar-refractivity contribution >= 4 is 11.5 Å². The van der Waals surface area contributed by atoms with Crippen LogP contribution in [0.5, 0.6) is 0 Å². The van der Waals surface area contributed by atoms with Gasteiger partial charge in [0.05, 0.1) is 0 Å². The number of rotatable bonds is 3. The highest BCUT2D eigenvalue weighted by Gasteiger charge is 2.15. The summed E-state index contributed by atoms with van der Waals surface area (Å²) in [5, 5.41) is 0. The van der Waals surface area contributed by atoms with Crippen LogP contribution in [0.25, 0.3) is 5.57 Å². The molecule has 1 aliphatic carbocycles. The first-order chi connectivity index (χ1) is 8.27. The number of amides is 1. The second-order valence-electron chi connectivity index (χ2n) is 4.71. The normalized spacial score (nSPS) is 18.0. The maximum atomic E-state index is 11.5. The Morgan fingerprint density at radius 2 is 1.76 bits per heavy atom. The summed E-state index contributed by atoms with van der Waals surface area (Å²) in [7, 11) is 0. The van der Waals surface area contributed by atoms with Crippen molar-refractivity contribution in [3.8, 4) is 0 Å². The molecule has 2 nitrogen and oxygen atoms in total. The summed E-state index contributed by atoms with van der Waals surface area (Å²) >= 11 is 0. The van der Waals surface area contributed by atoms with E-state index < -0.39 is 0 Å². The van der Waals surface area contributed by atoms with Crippen LogP contribution in [0.3, 0.4) is 0 Å². The van der Waals surface area contributed by atoms with Gasteiger partial charge in [-0.05, 0) is 24.3 Å². The van der Waals surface area contributed by atoms with Gasteiger partial charge in [-0.3, -0.25) is 4.79 Å². The quantitative estimate of drug-likeness (QED) is 0.795. The van der Waals surface area contributed by atoms with Crippen molar-refractivity contribution in [3.05, 3.63) is 42.0 Å².